The molecule has 1 fully saturated rings. The summed E-state index contributed by atoms with van der Waals surface area (Å²) in [7, 11) is -1.67. The number of nitrogens with zero attached hydrogens (tertiary/aromatic N) is 4. The smallest absolute Gasteiger partial charge is 0.246 e. The van der Waals surface area contributed by atoms with Gasteiger partial charge < -0.3 is 4.90 Å². The van der Waals surface area contributed by atoms with Crippen LogP contribution in [0.5, 0.6) is 0 Å². The van der Waals surface area contributed by atoms with Gasteiger partial charge in [-0.25, -0.2) is 8.42 Å². The van der Waals surface area contributed by atoms with E-state index in [2.05, 4.69) is 25.9 Å². The third-order valence-electron chi connectivity index (χ3n) is 3.27. The first kappa shape index (κ1) is 15.0. The van der Waals surface area contributed by atoms with E-state index in [9.17, 15) is 8.42 Å². The Kier molecular flexibility index (Phi) is 4.99. The largest absolute Gasteiger partial charge is 0.301 e. The van der Waals surface area contributed by atoms with Crippen LogP contribution in [-0.4, -0.2) is 65.5 Å². The standard InChI is InChI=1S/C11H19BrN4O2S/c1-14-10-11(9-13-14)19(17,18)16-5-2-4-15(6-3-12)7-8-16/h9-10H,2-8H2,1H3. The fourth-order valence-electron chi connectivity index (χ4n) is 2.21. The molecule has 6 nitrogen and oxygen atoms in total. The van der Waals surface area contributed by atoms with Crippen molar-refractivity contribution in [2.75, 3.05) is 38.1 Å². The lowest BCUT2D eigenvalue weighted by molar-refractivity contribution is 0.305. The minimum absolute atomic E-state index is 0.281. The minimum atomic E-state index is -3.39. The summed E-state index contributed by atoms with van der Waals surface area (Å²) in [4.78, 5) is 2.57. The third kappa shape index (κ3) is 3.56. The molecular weight excluding hydrogens is 332 g/mol. The summed E-state index contributed by atoms with van der Waals surface area (Å²) in [5, 5.41) is 4.86. The number of hydrogen-bond acceptors (Lipinski definition) is 4. The van der Waals surface area contributed by atoms with Gasteiger partial charge in [-0.15, -0.1) is 0 Å². The highest BCUT2D eigenvalue weighted by Crippen LogP contribution is 2.16. The highest BCUT2D eigenvalue weighted by molar-refractivity contribution is 9.09. The van der Waals surface area contributed by atoms with Crippen LogP contribution in [0.15, 0.2) is 17.3 Å². The average Bonchev–Trinajstić information content (AvgIpc) is 2.66. The maximum Gasteiger partial charge on any atom is 0.246 e. The molecule has 0 unspecified atom stereocenters. The molecule has 0 amide bonds. The van der Waals surface area contributed by atoms with E-state index < -0.39 is 10.0 Å². The maximum atomic E-state index is 12.5. The topological polar surface area (TPSA) is 58.4 Å². The molecule has 0 atom stereocenters. The molecule has 0 aliphatic carbocycles. The Morgan fingerprint density at radius 2 is 2.11 bits per heavy atom. The highest BCUT2D eigenvalue weighted by atomic mass is 79.9. The minimum Gasteiger partial charge on any atom is -0.301 e. The van der Waals surface area contributed by atoms with Crippen LogP contribution in [0.25, 0.3) is 0 Å². The summed E-state index contributed by atoms with van der Waals surface area (Å²) < 4.78 is 28.0. The van der Waals surface area contributed by atoms with Gasteiger partial charge in [0.05, 0.1) is 6.20 Å². The molecule has 0 N–H and O–H groups in total. The van der Waals surface area contributed by atoms with Crippen molar-refractivity contribution in [3.8, 4) is 0 Å². The van der Waals surface area contributed by atoms with Crippen LogP contribution in [0.4, 0.5) is 0 Å². The highest BCUT2D eigenvalue weighted by Gasteiger charge is 2.27. The summed E-state index contributed by atoms with van der Waals surface area (Å²) in [6, 6.07) is 0. The first-order valence-electron chi connectivity index (χ1n) is 6.31. The van der Waals surface area contributed by atoms with E-state index in [1.165, 1.54) is 10.9 Å². The monoisotopic (exact) mass is 350 g/mol. The van der Waals surface area contributed by atoms with Crippen LogP contribution in [0, 0.1) is 0 Å². The number of sulfonamides is 1. The molecule has 2 rings (SSSR count). The summed E-state index contributed by atoms with van der Waals surface area (Å²) in [6.07, 6.45) is 3.83. The fraction of sp³-hybridized carbons (Fsp3) is 0.727. The molecular formula is C11H19BrN4O2S. The van der Waals surface area contributed by atoms with E-state index >= 15 is 0 Å². The molecule has 1 aromatic rings. The van der Waals surface area contributed by atoms with Gasteiger partial charge in [0.1, 0.15) is 4.90 Å². The zero-order valence-electron chi connectivity index (χ0n) is 11.0. The Balaban J connectivity index is 2.09. The molecule has 1 aliphatic rings. The van der Waals surface area contributed by atoms with E-state index in [4.69, 9.17) is 0 Å². The van der Waals surface area contributed by atoms with Crippen molar-refractivity contribution in [1.29, 1.82) is 0 Å². The zero-order chi connectivity index (χ0) is 13.9. The van der Waals surface area contributed by atoms with Crippen LogP contribution in [0.1, 0.15) is 6.42 Å². The van der Waals surface area contributed by atoms with Gasteiger partial charge in [-0.2, -0.15) is 9.40 Å². The van der Waals surface area contributed by atoms with Crippen LogP contribution >= 0.6 is 15.9 Å². The lowest BCUT2D eigenvalue weighted by Gasteiger charge is -2.20. The Morgan fingerprint density at radius 1 is 1.32 bits per heavy atom. The van der Waals surface area contributed by atoms with Gasteiger partial charge in [-0.1, -0.05) is 15.9 Å². The van der Waals surface area contributed by atoms with E-state index in [-0.39, 0.29) is 4.90 Å². The molecule has 19 heavy (non-hydrogen) atoms. The van der Waals surface area contributed by atoms with Crippen molar-refractivity contribution in [3.63, 3.8) is 0 Å². The molecule has 0 aromatic carbocycles. The van der Waals surface area contributed by atoms with Gasteiger partial charge in [0, 0.05) is 44.8 Å². The van der Waals surface area contributed by atoms with Crippen LogP contribution in [-0.2, 0) is 17.1 Å². The lowest BCUT2D eigenvalue weighted by Crippen LogP contribution is -2.35. The quantitative estimate of drug-likeness (QED) is 0.742. The predicted molar refractivity (Wildman–Crippen MR) is 76.8 cm³/mol. The summed E-state index contributed by atoms with van der Waals surface area (Å²) >= 11 is 3.42. The number of aromatic nitrogens is 2. The molecule has 0 bridgehead atoms. The molecule has 0 spiro atoms. The Hall–Kier alpha value is -0.440. The molecule has 0 radical (unpaired) electrons. The van der Waals surface area contributed by atoms with Gasteiger partial charge in [0.25, 0.3) is 0 Å². The second kappa shape index (κ2) is 6.34. The zero-order valence-corrected chi connectivity index (χ0v) is 13.4. The molecule has 1 aromatic heterocycles. The second-order valence-corrected chi connectivity index (χ2v) is 7.37. The Labute approximate surface area is 122 Å². The fourth-order valence-corrected chi connectivity index (χ4v) is 4.17. The van der Waals surface area contributed by atoms with Crippen molar-refractivity contribution >= 4 is 26.0 Å². The summed E-state index contributed by atoms with van der Waals surface area (Å²) in [5.41, 5.74) is 0. The first-order valence-corrected chi connectivity index (χ1v) is 8.87. The van der Waals surface area contributed by atoms with Gasteiger partial charge in [0.15, 0.2) is 0 Å². The third-order valence-corrected chi connectivity index (χ3v) is 5.47. The van der Waals surface area contributed by atoms with Crippen molar-refractivity contribution in [2.45, 2.75) is 11.3 Å². The molecule has 1 saturated heterocycles. The second-order valence-electron chi connectivity index (χ2n) is 4.64. The SMILES string of the molecule is Cn1cc(S(=O)(=O)N2CCCN(CCBr)CC2)cn1. The number of rotatable bonds is 4. The van der Waals surface area contributed by atoms with Gasteiger partial charge in [-0.3, -0.25) is 4.68 Å². The molecule has 108 valence electrons. The van der Waals surface area contributed by atoms with Gasteiger partial charge >= 0.3 is 0 Å². The molecule has 8 heteroatoms. The molecule has 1 aliphatic heterocycles. The van der Waals surface area contributed by atoms with Crippen LogP contribution < -0.4 is 0 Å². The first-order chi connectivity index (χ1) is 9.04. The van der Waals surface area contributed by atoms with Crippen LogP contribution in [0.3, 0.4) is 0 Å². The summed E-state index contributed by atoms with van der Waals surface area (Å²) in [6.45, 7) is 3.82. The van der Waals surface area contributed by atoms with E-state index in [0.717, 1.165) is 31.4 Å². The summed E-state index contributed by atoms with van der Waals surface area (Å²) in [5.74, 6) is 0. The van der Waals surface area contributed by atoms with Crippen molar-refractivity contribution in [2.24, 2.45) is 7.05 Å². The van der Waals surface area contributed by atoms with Crippen molar-refractivity contribution < 1.29 is 8.42 Å². The lowest BCUT2D eigenvalue weighted by atomic mass is 10.4. The van der Waals surface area contributed by atoms with E-state index in [1.54, 1.807) is 17.5 Å². The normalized spacial score (nSPS) is 19.5. The van der Waals surface area contributed by atoms with E-state index in [0.29, 0.717) is 13.1 Å². The maximum absolute atomic E-state index is 12.5. The Bertz CT molecular complexity index is 517. The van der Waals surface area contributed by atoms with Crippen molar-refractivity contribution in [3.05, 3.63) is 12.4 Å². The van der Waals surface area contributed by atoms with Crippen molar-refractivity contribution in [1.82, 2.24) is 19.0 Å². The number of halogens is 1. The Morgan fingerprint density at radius 3 is 2.74 bits per heavy atom. The average molecular weight is 351 g/mol. The molecule has 2 heterocycles. The van der Waals surface area contributed by atoms with Crippen LogP contribution in [0.2, 0.25) is 0 Å². The molecule has 0 saturated carbocycles. The number of aryl methyl sites for hydroxylation is 1. The number of hydrogen-bond donors (Lipinski definition) is 0. The van der Waals surface area contributed by atoms with Gasteiger partial charge in [-0.05, 0) is 13.0 Å². The van der Waals surface area contributed by atoms with Gasteiger partial charge in [0.2, 0.25) is 10.0 Å². The predicted octanol–water partition coefficient (Wildman–Crippen LogP) is 0.511. The van der Waals surface area contributed by atoms with E-state index in [1.807, 2.05) is 0 Å². The number of alkyl halides is 1.